The second kappa shape index (κ2) is 9.14. The van der Waals surface area contributed by atoms with Gasteiger partial charge in [-0.05, 0) is 47.9 Å². The third-order valence-electron chi connectivity index (χ3n) is 5.24. The molecule has 0 saturated heterocycles. The fourth-order valence-corrected chi connectivity index (χ4v) is 3.88. The van der Waals surface area contributed by atoms with Crippen molar-refractivity contribution in [2.75, 3.05) is 16.5 Å². The number of benzene rings is 2. The summed E-state index contributed by atoms with van der Waals surface area (Å²) >= 11 is 0. The number of para-hydroxylation sites is 2. The van der Waals surface area contributed by atoms with Gasteiger partial charge in [-0.1, -0.05) is 64.1 Å². The van der Waals surface area contributed by atoms with Crippen molar-refractivity contribution in [1.82, 2.24) is 0 Å². The predicted molar refractivity (Wildman–Crippen MR) is 117 cm³/mol. The molecule has 0 aromatic heterocycles. The van der Waals surface area contributed by atoms with Gasteiger partial charge >= 0.3 is 0 Å². The zero-order valence-electron chi connectivity index (χ0n) is 16.5. The van der Waals surface area contributed by atoms with Gasteiger partial charge in [0, 0.05) is 23.8 Å². The molecule has 2 aromatic rings. The Morgan fingerprint density at radius 1 is 0.615 bits per heavy atom. The molecule has 2 aromatic carbocycles. The second-order valence-corrected chi connectivity index (χ2v) is 6.64. The first-order valence-electron chi connectivity index (χ1n) is 9.66. The second-order valence-electron chi connectivity index (χ2n) is 6.64. The van der Waals surface area contributed by atoms with Gasteiger partial charge in [-0.15, -0.1) is 12.4 Å². The van der Waals surface area contributed by atoms with Crippen LogP contribution in [0.5, 0.6) is 0 Å². The lowest BCUT2D eigenvalue weighted by atomic mass is 10.0. The van der Waals surface area contributed by atoms with Crippen molar-refractivity contribution < 1.29 is 0 Å². The molecule has 1 heterocycles. The lowest BCUT2D eigenvalue weighted by Gasteiger charge is -2.28. The first-order chi connectivity index (χ1) is 12.2. The van der Waals surface area contributed by atoms with Crippen molar-refractivity contribution in [1.29, 1.82) is 0 Å². The molecule has 3 rings (SSSR count). The molecular formula is C23H31ClN2. The summed E-state index contributed by atoms with van der Waals surface area (Å²) in [6.45, 7) is 9.89. The maximum Gasteiger partial charge on any atom is 0.0989 e. The van der Waals surface area contributed by atoms with Crippen LogP contribution in [0.4, 0.5) is 11.4 Å². The third-order valence-corrected chi connectivity index (χ3v) is 5.24. The first kappa shape index (κ1) is 20.4. The van der Waals surface area contributed by atoms with E-state index in [1.807, 2.05) is 0 Å². The number of rotatable bonds is 6. The van der Waals surface area contributed by atoms with E-state index in [1.54, 1.807) is 0 Å². The van der Waals surface area contributed by atoms with Crippen LogP contribution in [-0.2, 0) is 25.7 Å². The van der Waals surface area contributed by atoms with E-state index in [4.69, 9.17) is 0 Å². The van der Waals surface area contributed by atoms with Crippen LogP contribution in [0, 0.1) is 0 Å². The summed E-state index contributed by atoms with van der Waals surface area (Å²) in [5.74, 6) is 0. The molecular weight excluding hydrogens is 340 g/mol. The van der Waals surface area contributed by atoms with Crippen LogP contribution >= 0.6 is 12.4 Å². The molecule has 26 heavy (non-hydrogen) atoms. The van der Waals surface area contributed by atoms with E-state index < -0.39 is 0 Å². The summed E-state index contributed by atoms with van der Waals surface area (Å²) in [7, 11) is 0. The zero-order valence-corrected chi connectivity index (χ0v) is 17.3. The van der Waals surface area contributed by atoms with E-state index in [9.17, 15) is 0 Å². The van der Waals surface area contributed by atoms with Crippen LogP contribution in [0.1, 0.15) is 49.9 Å². The van der Waals surface area contributed by atoms with E-state index in [-0.39, 0.29) is 12.4 Å². The molecule has 0 radical (unpaired) electrons. The number of halogens is 1. The van der Waals surface area contributed by atoms with Crippen molar-refractivity contribution in [2.45, 2.75) is 53.4 Å². The number of nitrogens with zero attached hydrogens (tertiary/aromatic N) is 2. The van der Waals surface area contributed by atoms with Crippen LogP contribution in [0.15, 0.2) is 48.8 Å². The summed E-state index contributed by atoms with van der Waals surface area (Å²) in [4.78, 5) is 4.84. The molecule has 1 aliphatic heterocycles. The van der Waals surface area contributed by atoms with Gasteiger partial charge in [0.2, 0.25) is 0 Å². The molecule has 3 heteroatoms. The topological polar surface area (TPSA) is 6.48 Å². The van der Waals surface area contributed by atoms with Gasteiger partial charge < -0.3 is 9.80 Å². The molecule has 0 fully saturated rings. The van der Waals surface area contributed by atoms with E-state index in [0.29, 0.717) is 0 Å². The van der Waals surface area contributed by atoms with Crippen molar-refractivity contribution in [3.8, 4) is 0 Å². The normalized spacial score (nSPS) is 13.2. The Balaban J connectivity index is 0.00000243. The van der Waals surface area contributed by atoms with E-state index in [1.165, 1.54) is 33.6 Å². The summed E-state index contributed by atoms with van der Waals surface area (Å²) in [6.07, 6.45) is 8.77. The van der Waals surface area contributed by atoms with E-state index >= 15 is 0 Å². The van der Waals surface area contributed by atoms with Crippen LogP contribution in [0.25, 0.3) is 0 Å². The average molecular weight is 371 g/mol. The highest BCUT2D eigenvalue weighted by Gasteiger charge is 2.22. The van der Waals surface area contributed by atoms with Gasteiger partial charge in [0.1, 0.15) is 0 Å². The number of anilines is 2. The van der Waals surface area contributed by atoms with Gasteiger partial charge in [0.05, 0.1) is 6.67 Å². The average Bonchev–Trinajstić information content (AvgIpc) is 3.15. The minimum absolute atomic E-state index is 0. The monoisotopic (exact) mass is 370 g/mol. The summed E-state index contributed by atoms with van der Waals surface area (Å²) in [5.41, 5.74) is 8.54. The first-order valence-corrected chi connectivity index (χ1v) is 9.66. The fourth-order valence-electron chi connectivity index (χ4n) is 3.88. The Hall–Kier alpha value is -1.93. The number of aryl methyl sites for hydroxylation is 4. The molecule has 0 bridgehead atoms. The van der Waals surface area contributed by atoms with Crippen LogP contribution in [0.2, 0.25) is 0 Å². The highest BCUT2D eigenvalue weighted by Crippen LogP contribution is 2.34. The van der Waals surface area contributed by atoms with Crippen LogP contribution in [-0.4, -0.2) is 6.67 Å². The summed E-state index contributed by atoms with van der Waals surface area (Å²) in [5, 5.41) is 0. The molecule has 1 aliphatic rings. The van der Waals surface area contributed by atoms with Crippen molar-refractivity contribution >= 4 is 23.8 Å². The highest BCUT2D eigenvalue weighted by molar-refractivity contribution is 5.85. The van der Waals surface area contributed by atoms with Crippen molar-refractivity contribution in [3.05, 3.63) is 71.1 Å². The molecule has 0 amide bonds. The van der Waals surface area contributed by atoms with Gasteiger partial charge in [-0.25, -0.2) is 0 Å². The lowest BCUT2D eigenvalue weighted by Crippen LogP contribution is -2.27. The van der Waals surface area contributed by atoms with Gasteiger partial charge in [-0.2, -0.15) is 0 Å². The van der Waals surface area contributed by atoms with Crippen LogP contribution < -0.4 is 9.80 Å². The predicted octanol–water partition coefficient (Wildman–Crippen LogP) is 6.11. The molecule has 2 nitrogen and oxygen atoms in total. The zero-order chi connectivity index (χ0) is 17.8. The van der Waals surface area contributed by atoms with Crippen LogP contribution in [0.3, 0.4) is 0 Å². The van der Waals surface area contributed by atoms with Crippen molar-refractivity contribution in [3.63, 3.8) is 0 Å². The Labute approximate surface area is 164 Å². The quantitative estimate of drug-likeness (QED) is 0.604. The maximum atomic E-state index is 2.42. The maximum absolute atomic E-state index is 2.42. The molecule has 0 N–H and O–H groups in total. The van der Waals surface area contributed by atoms with Gasteiger partial charge in [0.25, 0.3) is 0 Å². The van der Waals surface area contributed by atoms with Gasteiger partial charge in [-0.3, -0.25) is 0 Å². The smallest absolute Gasteiger partial charge is 0.0989 e. The molecule has 0 atom stereocenters. The SMILES string of the molecule is CCc1cccc(CC)c1N1C=CN(c2c(CC)cccc2CC)C1.Cl. The van der Waals surface area contributed by atoms with E-state index in [2.05, 4.69) is 86.3 Å². The largest absolute Gasteiger partial charge is 0.328 e. The summed E-state index contributed by atoms with van der Waals surface area (Å²) < 4.78 is 0. The molecule has 140 valence electrons. The Morgan fingerprint density at radius 3 is 1.19 bits per heavy atom. The van der Waals surface area contributed by atoms with E-state index in [0.717, 1.165) is 32.4 Å². The molecule has 0 spiro atoms. The summed E-state index contributed by atoms with van der Waals surface area (Å²) in [6, 6.07) is 13.5. The highest BCUT2D eigenvalue weighted by atomic mass is 35.5. The van der Waals surface area contributed by atoms with Crippen molar-refractivity contribution in [2.24, 2.45) is 0 Å². The molecule has 0 unspecified atom stereocenters. The Bertz CT molecular complexity index is 659. The standard InChI is InChI=1S/C23H30N2.ClH/c1-5-18-11-9-12-19(6-2)22(18)24-15-16-25(17-24)23-20(7-3)13-10-14-21(23)8-4;/h9-16H,5-8,17H2,1-4H3;1H. The van der Waals surface area contributed by atoms with Gasteiger partial charge in [0.15, 0.2) is 0 Å². The minimum Gasteiger partial charge on any atom is -0.328 e. The minimum atomic E-state index is 0. The Morgan fingerprint density at radius 2 is 0.923 bits per heavy atom. The molecule has 0 aliphatic carbocycles. The number of hydrogen-bond acceptors (Lipinski definition) is 2. The Kier molecular flexibility index (Phi) is 7.16. The fraction of sp³-hybridized carbons (Fsp3) is 0.391. The number of hydrogen-bond donors (Lipinski definition) is 0. The lowest BCUT2D eigenvalue weighted by molar-refractivity contribution is 0.923. The molecule has 0 saturated carbocycles. The third kappa shape index (κ3) is 3.76.